The van der Waals surface area contributed by atoms with Gasteiger partial charge in [0.1, 0.15) is 18.1 Å². The second kappa shape index (κ2) is 8.12. The first-order valence-corrected chi connectivity index (χ1v) is 9.68. The summed E-state index contributed by atoms with van der Waals surface area (Å²) < 4.78 is 38.0. The number of rotatable bonds is 7. The fourth-order valence-corrected chi connectivity index (χ4v) is 3.58. The molecule has 3 rings (SSSR count). The summed E-state index contributed by atoms with van der Waals surface area (Å²) in [7, 11) is -3.71. The van der Waals surface area contributed by atoms with Gasteiger partial charge in [-0.05, 0) is 42.3 Å². The second-order valence-corrected chi connectivity index (χ2v) is 7.55. The standard InChI is InChI=1S/C19H18N2O5S/c1-2-11-25-15-5-3-14(4-6-15)9-10-20-27(23,24)16-7-8-18-17(12-16)21-19(22)13-26-18/h1,3-8,12,20H,9-11,13H2,(H,21,22). The quantitative estimate of drug-likeness (QED) is 0.705. The van der Waals surface area contributed by atoms with Crippen LogP contribution >= 0.6 is 0 Å². The van der Waals surface area contributed by atoms with Crippen LogP contribution in [-0.2, 0) is 21.2 Å². The molecule has 0 radical (unpaired) electrons. The Morgan fingerprint density at radius 1 is 1.22 bits per heavy atom. The molecule has 140 valence electrons. The number of fused-ring (bicyclic) bond motifs is 1. The van der Waals surface area contributed by atoms with Crippen LogP contribution in [0.3, 0.4) is 0 Å². The fourth-order valence-electron chi connectivity index (χ4n) is 2.52. The number of anilines is 1. The maximum atomic E-state index is 12.5. The number of ether oxygens (including phenoxy) is 2. The van der Waals surface area contributed by atoms with E-state index >= 15 is 0 Å². The van der Waals surface area contributed by atoms with Gasteiger partial charge >= 0.3 is 0 Å². The van der Waals surface area contributed by atoms with E-state index in [4.69, 9.17) is 15.9 Å². The molecular weight excluding hydrogens is 368 g/mol. The largest absolute Gasteiger partial charge is 0.482 e. The highest BCUT2D eigenvalue weighted by atomic mass is 32.2. The van der Waals surface area contributed by atoms with Crippen molar-refractivity contribution >= 4 is 21.6 Å². The first-order valence-electron chi connectivity index (χ1n) is 8.19. The van der Waals surface area contributed by atoms with Gasteiger partial charge in [-0.1, -0.05) is 18.1 Å². The maximum Gasteiger partial charge on any atom is 0.262 e. The number of sulfonamides is 1. The molecule has 2 aromatic rings. The van der Waals surface area contributed by atoms with Crippen molar-refractivity contribution < 1.29 is 22.7 Å². The van der Waals surface area contributed by atoms with Crippen LogP contribution in [0, 0.1) is 12.3 Å². The van der Waals surface area contributed by atoms with Crippen molar-refractivity contribution in [1.29, 1.82) is 0 Å². The minimum atomic E-state index is -3.71. The molecule has 0 bridgehead atoms. The van der Waals surface area contributed by atoms with Crippen LogP contribution < -0.4 is 19.5 Å². The normalized spacial score (nSPS) is 13.1. The van der Waals surface area contributed by atoms with Crippen LogP contribution in [0.15, 0.2) is 47.4 Å². The van der Waals surface area contributed by atoms with Gasteiger partial charge in [-0.25, -0.2) is 13.1 Å². The van der Waals surface area contributed by atoms with E-state index in [0.717, 1.165) is 5.56 Å². The van der Waals surface area contributed by atoms with Crippen LogP contribution in [0.2, 0.25) is 0 Å². The van der Waals surface area contributed by atoms with Crippen LogP contribution in [0.1, 0.15) is 5.56 Å². The zero-order valence-corrected chi connectivity index (χ0v) is 15.2. The summed E-state index contributed by atoms with van der Waals surface area (Å²) in [6.45, 7) is 0.349. The molecule has 0 unspecified atom stereocenters. The molecule has 0 saturated carbocycles. The minimum Gasteiger partial charge on any atom is -0.482 e. The SMILES string of the molecule is C#CCOc1ccc(CCNS(=O)(=O)c2ccc3c(c2)NC(=O)CO3)cc1. The number of amides is 1. The first-order chi connectivity index (χ1) is 13.0. The van der Waals surface area contributed by atoms with Gasteiger partial charge < -0.3 is 14.8 Å². The third-order valence-electron chi connectivity index (χ3n) is 3.85. The number of hydrogen-bond acceptors (Lipinski definition) is 5. The molecular formula is C19H18N2O5S. The Labute approximate surface area is 157 Å². The Morgan fingerprint density at radius 2 is 2.00 bits per heavy atom. The van der Waals surface area contributed by atoms with Crippen molar-refractivity contribution in [3.63, 3.8) is 0 Å². The van der Waals surface area contributed by atoms with Crippen molar-refractivity contribution in [2.24, 2.45) is 0 Å². The molecule has 1 amide bonds. The molecule has 27 heavy (non-hydrogen) atoms. The Hall–Kier alpha value is -3.02. The van der Waals surface area contributed by atoms with Crippen LogP contribution in [0.25, 0.3) is 0 Å². The summed E-state index contributed by atoms with van der Waals surface area (Å²) in [4.78, 5) is 11.4. The topological polar surface area (TPSA) is 93.7 Å². The predicted octanol–water partition coefficient (Wildman–Crippen LogP) is 1.55. The molecule has 0 atom stereocenters. The number of benzene rings is 2. The lowest BCUT2D eigenvalue weighted by molar-refractivity contribution is -0.118. The van der Waals surface area contributed by atoms with E-state index in [9.17, 15) is 13.2 Å². The van der Waals surface area contributed by atoms with E-state index in [-0.39, 0.29) is 30.6 Å². The Balaban J connectivity index is 1.59. The van der Waals surface area contributed by atoms with Gasteiger partial charge in [0.25, 0.3) is 5.91 Å². The number of carbonyl (C=O) groups excluding carboxylic acids is 1. The van der Waals surface area contributed by atoms with Gasteiger partial charge in [-0.15, -0.1) is 6.42 Å². The number of nitrogens with one attached hydrogen (secondary N) is 2. The smallest absolute Gasteiger partial charge is 0.262 e. The molecule has 1 heterocycles. The molecule has 0 spiro atoms. The molecule has 2 N–H and O–H groups in total. The second-order valence-electron chi connectivity index (χ2n) is 5.78. The molecule has 1 aliphatic rings. The summed E-state index contributed by atoms with van der Waals surface area (Å²) in [5, 5.41) is 2.59. The molecule has 2 aromatic carbocycles. The van der Waals surface area contributed by atoms with Gasteiger partial charge in [0, 0.05) is 6.54 Å². The molecule has 0 fully saturated rings. The number of terminal acetylenes is 1. The predicted molar refractivity (Wildman–Crippen MR) is 100 cm³/mol. The molecule has 8 heteroatoms. The van der Waals surface area contributed by atoms with E-state index < -0.39 is 10.0 Å². The highest BCUT2D eigenvalue weighted by Crippen LogP contribution is 2.29. The zero-order chi connectivity index (χ0) is 19.3. The van der Waals surface area contributed by atoms with Gasteiger partial charge in [0.2, 0.25) is 10.0 Å². The third kappa shape index (κ3) is 4.78. The average Bonchev–Trinajstić information content (AvgIpc) is 2.66. The average molecular weight is 386 g/mol. The van der Waals surface area contributed by atoms with Crippen molar-refractivity contribution in [3.8, 4) is 23.8 Å². The highest BCUT2D eigenvalue weighted by Gasteiger charge is 2.20. The highest BCUT2D eigenvalue weighted by molar-refractivity contribution is 7.89. The lowest BCUT2D eigenvalue weighted by atomic mass is 10.1. The van der Waals surface area contributed by atoms with Crippen molar-refractivity contribution in [2.45, 2.75) is 11.3 Å². The summed E-state index contributed by atoms with van der Waals surface area (Å²) in [6, 6.07) is 11.6. The summed E-state index contributed by atoms with van der Waals surface area (Å²) in [5.74, 6) is 3.18. The van der Waals surface area contributed by atoms with Crippen LogP contribution in [0.5, 0.6) is 11.5 Å². The number of hydrogen-bond donors (Lipinski definition) is 2. The Kier molecular flexibility index (Phi) is 5.64. The van der Waals surface area contributed by atoms with Gasteiger partial charge in [0.05, 0.1) is 10.6 Å². The summed E-state index contributed by atoms with van der Waals surface area (Å²) in [5.41, 5.74) is 1.30. The lowest BCUT2D eigenvalue weighted by Crippen LogP contribution is -2.28. The van der Waals surface area contributed by atoms with Gasteiger partial charge in [-0.2, -0.15) is 0 Å². The fraction of sp³-hybridized carbons (Fsp3) is 0.211. The van der Waals surface area contributed by atoms with Gasteiger partial charge in [0.15, 0.2) is 6.61 Å². The third-order valence-corrected chi connectivity index (χ3v) is 5.30. The van der Waals surface area contributed by atoms with E-state index in [2.05, 4.69) is 16.0 Å². The van der Waals surface area contributed by atoms with E-state index in [1.807, 2.05) is 12.1 Å². The Morgan fingerprint density at radius 3 is 2.74 bits per heavy atom. The first kappa shape index (κ1) is 18.8. The van der Waals surface area contributed by atoms with Crippen molar-refractivity contribution in [3.05, 3.63) is 48.0 Å². The Bertz CT molecular complexity index is 978. The molecule has 7 nitrogen and oxygen atoms in total. The van der Waals surface area contributed by atoms with Crippen molar-refractivity contribution in [1.82, 2.24) is 4.72 Å². The molecule has 0 aromatic heterocycles. The maximum absolute atomic E-state index is 12.5. The lowest BCUT2D eigenvalue weighted by Gasteiger charge is -2.18. The van der Waals surface area contributed by atoms with E-state index in [0.29, 0.717) is 23.6 Å². The summed E-state index contributed by atoms with van der Waals surface area (Å²) in [6.07, 6.45) is 5.65. The van der Waals surface area contributed by atoms with Crippen LogP contribution in [-0.4, -0.2) is 34.1 Å². The monoisotopic (exact) mass is 386 g/mol. The number of carbonyl (C=O) groups is 1. The van der Waals surface area contributed by atoms with E-state index in [1.165, 1.54) is 18.2 Å². The molecule has 0 saturated heterocycles. The molecule has 1 aliphatic heterocycles. The van der Waals surface area contributed by atoms with Crippen molar-refractivity contribution in [2.75, 3.05) is 25.1 Å². The van der Waals surface area contributed by atoms with Crippen LogP contribution in [0.4, 0.5) is 5.69 Å². The van der Waals surface area contributed by atoms with E-state index in [1.54, 1.807) is 12.1 Å². The molecule has 0 aliphatic carbocycles. The zero-order valence-electron chi connectivity index (χ0n) is 14.4. The summed E-state index contributed by atoms with van der Waals surface area (Å²) >= 11 is 0. The minimum absolute atomic E-state index is 0.0603. The van der Waals surface area contributed by atoms with Gasteiger partial charge in [-0.3, -0.25) is 4.79 Å².